The van der Waals surface area contributed by atoms with Crippen molar-refractivity contribution in [3.05, 3.63) is 29.3 Å². The first kappa shape index (κ1) is 22.0. The van der Waals surface area contributed by atoms with Crippen molar-refractivity contribution < 1.29 is 0 Å². The van der Waals surface area contributed by atoms with Crippen LogP contribution >= 0.6 is 24.0 Å². The summed E-state index contributed by atoms with van der Waals surface area (Å²) in [4.78, 5) is 11.6. The van der Waals surface area contributed by atoms with E-state index in [1.54, 1.807) is 0 Å². The second-order valence-corrected chi connectivity index (χ2v) is 6.46. The Labute approximate surface area is 170 Å². The Kier molecular flexibility index (Phi) is 9.56. The average Bonchev–Trinajstić information content (AvgIpc) is 2.59. The molecule has 0 atom stereocenters. The third-order valence-corrected chi connectivity index (χ3v) is 5.07. The Morgan fingerprint density at radius 2 is 1.76 bits per heavy atom. The van der Waals surface area contributed by atoms with Gasteiger partial charge in [-0.05, 0) is 44.9 Å². The molecule has 1 saturated heterocycles. The zero-order chi connectivity index (χ0) is 17.5. The summed E-state index contributed by atoms with van der Waals surface area (Å²) in [7, 11) is 0. The molecule has 0 aliphatic carbocycles. The Balaban J connectivity index is 0.00000312. The summed E-state index contributed by atoms with van der Waals surface area (Å²) >= 11 is 0. The van der Waals surface area contributed by atoms with Crippen LogP contribution in [0.4, 0.5) is 5.69 Å². The molecule has 0 unspecified atom stereocenters. The van der Waals surface area contributed by atoms with E-state index in [4.69, 9.17) is 5.73 Å². The van der Waals surface area contributed by atoms with Crippen LogP contribution in [0.15, 0.2) is 23.2 Å². The molecule has 1 aliphatic rings. The van der Waals surface area contributed by atoms with Gasteiger partial charge in [-0.25, -0.2) is 0 Å². The van der Waals surface area contributed by atoms with Crippen LogP contribution in [-0.2, 0) is 0 Å². The number of nitrogens with zero attached hydrogens (tertiary/aromatic N) is 4. The van der Waals surface area contributed by atoms with Gasteiger partial charge in [0.25, 0.3) is 0 Å². The normalized spacial score (nSPS) is 15.8. The van der Waals surface area contributed by atoms with Crippen molar-refractivity contribution >= 4 is 35.6 Å². The van der Waals surface area contributed by atoms with Crippen molar-refractivity contribution in [2.45, 2.75) is 27.7 Å². The molecule has 5 nitrogen and oxygen atoms in total. The number of anilines is 1. The molecular formula is C19H34IN5. The van der Waals surface area contributed by atoms with Crippen molar-refractivity contribution in [1.29, 1.82) is 0 Å². The zero-order valence-corrected chi connectivity index (χ0v) is 18.5. The lowest BCUT2D eigenvalue weighted by atomic mass is 10.1. The molecule has 0 spiro atoms. The molecule has 2 rings (SSSR count). The third-order valence-electron chi connectivity index (χ3n) is 5.07. The second kappa shape index (κ2) is 10.9. The average molecular weight is 459 g/mol. The monoisotopic (exact) mass is 459 g/mol. The summed E-state index contributed by atoms with van der Waals surface area (Å²) < 4.78 is 0. The van der Waals surface area contributed by atoms with Gasteiger partial charge in [-0.3, -0.25) is 9.89 Å². The fourth-order valence-electron chi connectivity index (χ4n) is 3.24. The van der Waals surface area contributed by atoms with Crippen molar-refractivity contribution in [3.8, 4) is 0 Å². The standard InChI is InChI=1S/C19H33N5.HI/c1-5-23(6-2)19(20)21-10-11-22-12-14-24(15-13-22)18-9-7-8-16(3)17(18)4;/h7-9H,5-6,10-15H2,1-4H3,(H2,20,21);1H. The van der Waals surface area contributed by atoms with Gasteiger partial charge in [0, 0.05) is 51.5 Å². The number of nitrogens with two attached hydrogens (primary N) is 1. The molecule has 6 heteroatoms. The lowest BCUT2D eigenvalue weighted by Gasteiger charge is -2.36. The highest BCUT2D eigenvalue weighted by atomic mass is 127. The van der Waals surface area contributed by atoms with Gasteiger partial charge < -0.3 is 15.5 Å². The minimum Gasteiger partial charge on any atom is -0.370 e. The Bertz CT molecular complexity index is 549. The summed E-state index contributed by atoms with van der Waals surface area (Å²) in [5, 5.41) is 0. The van der Waals surface area contributed by atoms with E-state index in [1.165, 1.54) is 16.8 Å². The van der Waals surface area contributed by atoms with Gasteiger partial charge in [-0.15, -0.1) is 24.0 Å². The number of halogens is 1. The van der Waals surface area contributed by atoms with Crippen LogP contribution in [0.5, 0.6) is 0 Å². The van der Waals surface area contributed by atoms with Crippen LogP contribution in [0, 0.1) is 13.8 Å². The molecular weight excluding hydrogens is 425 g/mol. The van der Waals surface area contributed by atoms with Crippen LogP contribution in [0.2, 0.25) is 0 Å². The Morgan fingerprint density at radius 3 is 2.36 bits per heavy atom. The number of hydrogen-bond acceptors (Lipinski definition) is 3. The van der Waals surface area contributed by atoms with Gasteiger partial charge in [-0.2, -0.15) is 0 Å². The second-order valence-electron chi connectivity index (χ2n) is 6.46. The van der Waals surface area contributed by atoms with Crippen molar-refractivity contribution in [2.75, 3.05) is 57.3 Å². The highest BCUT2D eigenvalue weighted by Crippen LogP contribution is 2.23. The molecule has 1 aromatic rings. The fraction of sp³-hybridized carbons (Fsp3) is 0.632. The zero-order valence-electron chi connectivity index (χ0n) is 16.2. The van der Waals surface area contributed by atoms with E-state index >= 15 is 0 Å². The lowest BCUT2D eigenvalue weighted by Crippen LogP contribution is -2.47. The van der Waals surface area contributed by atoms with E-state index in [2.05, 4.69) is 65.6 Å². The molecule has 1 heterocycles. The smallest absolute Gasteiger partial charge is 0.191 e. The molecule has 0 amide bonds. The highest BCUT2D eigenvalue weighted by molar-refractivity contribution is 14.0. The molecule has 0 saturated carbocycles. The van der Waals surface area contributed by atoms with Crippen LogP contribution in [-0.4, -0.2) is 68.1 Å². The molecule has 0 aromatic heterocycles. The largest absolute Gasteiger partial charge is 0.370 e. The summed E-state index contributed by atoms with van der Waals surface area (Å²) in [5.74, 6) is 0.675. The molecule has 25 heavy (non-hydrogen) atoms. The van der Waals surface area contributed by atoms with Crippen LogP contribution in [0.3, 0.4) is 0 Å². The predicted molar refractivity (Wildman–Crippen MR) is 119 cm³/mol. The van der Waals surface area contributed by atoms with Gasteiger partial charge in [0.05, 0.1) is 6.54 Å². The van der Waals surface area contributed by atoms with Crippen LogP contribution < -0.4 is 10.6 Å². The quantitative estimate of drug-likeness (QED) is 0.404. The lowest BCUT2D eigenvalue weighted by molar-refractivity contribution is 0.264. The summed E-state index contributed by atoms with van der Waals surface area (Å²) in [5.41, 5.74) is 10.2. The molecule has 2 N–H and O–H groups in total. The van der Waals surface area contributed by atoms with Gasteiger partial charge >= 0.3 is 0 Å². The summed E-state index contributed by atoms with van der Waals surface area (Å²) in [6, 6.07) is 6.59. The van der Waals surface area contributed by atoms with E-state index in [9.17, 15) is 0 Å². The number of aryl methyl sites for hydroxylation is 1. The van der Waals surface area contributed by atoms with Gasteiger partial charge in [-0.1, -0.05) is 12.1 Å². The fourth-order valence-corrected chi connectivity index (χ4v) is 3.24. The minimum atomic E-state index is 0. The summed E-state index contributed by atoms with van der Waals surface area (Å²) in [6.45, 7) is 16.6. The van der Waals surface area contributed by atoms with Gasteiger partial charge in [0.2, 0.25) is 0 Å². The number of guanidine groups is 1. The third kappa shape index (κ3) is 6.02. The SMILES string of the molecule is CCN(CC)C(N)=NCCN1CCN(c2cccc(C)c2C)CC1.I. The van der Waals surface area contributed by atoms with Crippen LogP contribution in [0.1, 0.15) is 25.0 Å². The van der Waals surface area contributed by atoms with Gasteiger partial charge in [0.15, 0.2) is 5.96 Å². The van der Waals surface area contributed by atoms with E-state index < -0.39 is 0 Å². The molecule has 0 radical (unpaired) electrons. The molecule has 1 fully saturated rings. The predicted octanol–water partition coefficient (Wildman–Crippen LogP) is 2.70. The molecule has 1 aromatic carbocycles. The number of aliphatic imine (C=N–C) groups is 1. The summed E-state index contributed by atoms with van der Waals surface area (Å²) in [6.07, 6.45) is 0. The number of benzene rings is 1. The molecule has 0 bridgehead atoms. The first-order valence-electron chi connectivity index (χ1n) is 9.15. The Morgan fingerprint density at radius 1 is 1.12 bits per heavy atom. The van der Waals surface area contributed by atoms with E-state index in [-0.39, 0.29) is 24.0 Å². The van der Waals surface area contributed by atoms with E-state index in [1.807, 2.05) is 0 Å². The maximum atomic E-state index is 6.03. The molecule has 1 aliphatic heterocycles. The number of rotatable bonds is 6. The first-order valence-corrected chi connectivity index (χ1v) is 9.15. The van der Waals surface area contributed by atoms with Crippen molar-refractivity contribution in [3.63, 3.8) is 0 Å². The van der Waals surface area contributed by atoms with Gasteiger partial charge in [0.1, 0.15) is 0 Å². The molecule has 142 valence electrons. The van der Waals surface area contributed by atoms with E-state index in [0.717, 1.165) is 52.4 Å². The van der Waals surface area contributed by atoms with Crippen molar-refractivity contribution in [2.24, 2.45) is 10.7 Å². The first-order chi connectivity index (χ1) is 11.6. The topological polar surface area (TPSA) is 48.1 Å². The van der Waals surface area contributed by atoms with Crippen LogP contribution in [0.25, 0.3) is 0 Å². The van der Waals surface area contributed by atoms with Crippen molar-refractivity contribution in [1.82, 2.24) is 9.80 Å². The Hall–Kier alpha value is -1.02. The number of piperazine rings is 1. The van der Waals surface area contributed by atoms with E-state index in [0.29, 0.717) is 5.96 Å². The maximum absolute atomic E-state index is 6.03. The highest BCUT2D eigenvalue weighted by Gasteiger charge is 2.18. The minimum absolute atomic E-state index is 0. The maximum Gasteiger partial charge on any atom is 0.191 e. The number of hydrogen-bond donors (Lipinski definition) is 1.